The number of aromatic amines is 1. The summed E-state index contributed by atoms with van der Waals surface area (Å²) in [4.78, 5) is 18.8. The summed E-state index contributed by atoms with van der Waals surface area (Å²) < 4.78 is 5.33. The largest absolute Gasteiger partial charge is 0.337 e. The van der Waals surface area contributed by atoms with Crippen LogP contribution in [0.5, 0.6) is 0 Å². The maximum atomic E-state index is 12.6. The first-order valence-corrected chi connectivity index (χ1v) is 9.14. The van der Waals surface area contributed by atoms with Crippen LogP contribution in [0, 0.1) is 0 Å². The molecule has 3 aromatic rings. The number of nitrogens with zero attached hydrogens (tertiary/aromatic N) is 4. The first-order valence-electron chi connectivity index (χ1n) is 9.14. The smallest absolute Gasteiger partial charge is 0.318 e. The van der Waals surface area contributed by atoms with Crippen LogP contribution in [0.15, 0.2) is 47.1 Å². The zero-order chi connectivity index (χ0) is 18.6. The number of carbonyl (C=O) groups excluding carboxylic acids is 1. The van der Waals surface area contributed by atoms with Crippen LogP contribution >= 0.6 is 0 Å². The van der Waals surface area contributed by atoms with Crippen LogP contribution in [-0.2, 0) is 0 Å². The lowest BCUT2D eigenvalue weighted by atomic mass is 9.94. The lowest BCUT2D eigenvalue weighted by Gasteiger charge is -2.32. The Hall–Kier alpha value is -3.16. The van der Waals surface area contributed by atoms with Gasteiger partial charge in [0, 0.05) is 36.5 Å². The number of benzene rings is 1. The Morgan fingerprint density at radius 1 is 1.26 bits per heavy atom. The van der Waals surface area contributed by atoms with Gasteiger partial charge >= 0.3 is 6.03 Å². The fraction of sp³-hybridized carbons (Fsp3) is 0.368. The van der Waals surface area contributed by atoms with Gasteiger partial charge in [0.25, 0.3) is 0 Å². The summed E-state index contributed by atoms with van der Waals surface area (Å²) in [6.45, 7) is 3.26. The van der Waals surface area contributed by atoms with E-state index in [1.807, 2.05) is 48.2 Å². The molecule has 2 aromatic heterocycles. The van der Waals surface area contributed by atoms with Crippen molar-refractivity contribution >= 4 is 6.03 Å². The number of carbonyl (C=O) groups is 1. The van der Waals surface area contributed by atoms with Gasteiger partial charge in [0.05, 0.1) is 0 Å². The molecule has 1 saturated heterocycles. The highest BCUT2D eigenvalue weighted by Crippen LogP contribution is 2.26. The molecule has 27 heavy (non-hydrogen) atoms. The van der Waals surface area contributed by atoms with E-state index in [-0.39, 0.29) is 12.1 Å². The average Bonchev–Trinajstić information content (AvgIpc) is 3.41. The molecule has 2 amide bonds. The Morgan fingerprint density at radius 3 is 2.74 bits per heavy atom. The van der Waals surface area contributed by atoms with E-state index in [0.717, 1.165) is 24.1 Å². The number of amides is 2. The number of rotatable bonds is 4. The van der Waals surface area contributed by atoms with Crippen molar-refractivity contribution in [3.8, 4) is 11.4 Å². The Balaban J connectivity index is 1.33. The summed E-state index contributed by atoms with van der Waals surface area (Å²) in [7, 11) is 0. The third-order valence-electron chi connectivity index (χ3n) is 4.93. The number of nitrogens with one attached hydrogen (secondary N) is 2. The van der Waals surface area contributed by atoms with Crippen LogP contribution in [0.2, 0.25) is 0 Å². The van der Waals surface area contributed by atoms with E-state index in [4.69, 9.17) is 4.52 Å². The summed E-state index contributed by atoms with van der Waals surface area (Å²) in [6, 6.07) is 11.2. The second-order valence-electron chi connectivity index (χ2n) is 6.77. The molecule has 1 aliphatic rings. The van der Waals surface area contributed by atoms with E-state index in [9.17, 15) is 4.79 Å². The first-order chi connectivity index (χ1) is 13.2. The Labute approximate surface area is 157 Å². The fourth-order valence-corrected chi connectivity index (χ4v) is 3.34. The summed E-state index contributed by atoms with van der Waals surface area (Å²) in [5.74, 6) is 1.35. The Kier molecular flexibility index (Phi) is 4.86. The van der Waals surface area contributed by atoms with Gasteiger partial charge in [0.2, 0.25) is 11.7 Å². The van der Waals surface area contributed by atoms with E-state index >= 15 is 0 Å². The van der Waals surface area contributed by atoms with E-state index < -0.39 is 0 Å². The summed E-state index contributed by atoms with van der Waals surface area (Å²) in [5.41, 5.74) is 2.02. The van der Waals surface area contributed by atoms with Crippen LogP contribution < -0.4 is 5.32 Å². The monoisotopic (exact) mass is 366 g/mol. The highest BCUT2D eigenvalue weighted by Gasteiger charge is 2.26. The molecule has 8 heteroatoms. The van der Waals surface area contributed by atoms with E-state index in [2.05, 4.69) is 25.7 Å². The van der Waals surface area contributed by atoms with Crippen molar-refractivity contribution < 1.29 is 9.32 Å². The van der Waals surface area contributed by atoms with Crippen molar-refractivity contribution in [1.82, 2.24) is 30.6 Å². The molecule has 3 heterocycles. The number of H-pyrrole nitrogens is 1. The molecule has 4 rings (SSSR count). The fourth-order valence-electron chi connectivity index (χ4n) is 3.34. The number of hydrogen-bond acceptors (Lipinski definition) is 5. The summed E-state index contributed by atoms with van der Waals surface area (Å²) in [6.07, 6.45) is 3.61. The molecule has 0 saturated carbocycles. The third kappa shape index (κ3) is 3.84. The maximum Gasteiger partial charge on any atom is 0.318 e. The molecular formula is C19H22N6O2. The molecule has 8 nitrogen and oxygen atoms in total. The molecule has 0 radical (unpaired) electrons. The van der Waals surface area contributed by atoms with Crippen molar-refractivity contribution in [3.05, 3.63) is 54.2 Å². The van der Waals surface area contributed by atoms with Crippen LogP contribution in [0.3, 0.4) is 0 Å². The normalized spacial score (nSPS) is 16.3. The minimum absolute atomic E-state index is 0.106. The molecule has 1 atom stereocenters. The molecule has 1 aliphatic heterocycles. The van der Waals surface area contributed by atoms with Crippen molar-refractivity contribution in [1.29, 1.82) is 0 Å². The zero-order valence-corrected chi connectivity index (χ0v) is 15.1. The molecule has 1 fully saturated rings. The van der Waals surface area contributed by atoms with E-state index in [1.54, 1.807) is 6.20 Å². The number of urea groups is 1. The van der Waals surface area contributed by atoms with E-state index in [0.29, 0.717) is 30.7 Å². The number of aromatic nitrogens is 4. The SMILES string of the molecule is C[C@H](NC(=O)N1CCC(c2ccn[nH]2)CC1)c1nc(-c2ccccc2)no1. The summed E-state index contributed by atoms with van der Waals surface area (Å²) in [5, 5.41) is 14.0. The van der Waals surface area contributed by atoms with Crippen LogP contribution in [-0.4, -0.2) is 44.4 Å². The third-order valence-corrected chi connectivity index (χ3v) is 4.93. The van der Waals surface area contributed by atoms with Crippen LogP contribution in [0.25, 0.3) is 11.4 Å². The minimum Gasteiger partial charge on any atom is -0.337 e. The van der Waals surface area contributed by atoms with Gasteiger partial charge in [-0.15, -0.1) is 0 Å². The van der Waals surface area contributed by atoms with Gasteiger partial charge in [-0.2, -0.15) is 10.1 Å². The van der Waals surface area contributed by atoms with E-state index in [1.165, 1.54) is 0 Å². The van der Waals surface area contributed by atoms with Crippen molar-refractivity contribution in [3.63, 3.8) is 0 Å². The zero-order valence-electron chi connectivity index (χ0n) is 15.1. The second kappa shape index (κ2) is 7.61. The topological polar surface area (TPSA) is 99.9 Å². The standard InChI is InChI=1S/C19H22N6O2/c1-13(18-22-17(24-27-18)15-5-3-2-4-6-15)21-19(26)25-11-8-14(9-12-25)16-7-10-20-23-16/h2-7,10,13-14H,8-9,11-12H2,1H3,(H,20,23)(H,21,26)/t13-/m0/s1. The molecule has 0 aliphatic carbocycles. The van der Waals surface area contributed by atoms with Crippen LogP contribution in [0.1, 0.15) is 43.3 Å². The number of hydrogen-bond donors (Lipinski definition) is 2. The first kappa shape index (κ1) is 17.3. The molecule has 140 valence electrons. The lowest BCUT2D eigenvalue weighted by Crippen LogP contribution is -2.44. The van der Waals surface area contributed by atoms with Gasteiger partial charge in [-0.3, -0.25) is 5.10 Å². The maximum absolute atomic E-state index is 12.6. The van der Waals surface area contributed by atoms with Gasteiger partial charge in [-0.1, -0.05) is 35.5 Å². The quantitative estimate of drug-likeness (QED) is 0.739. The molecule has 1 aromatic carbocycles. The minimum atomic E-state index is -0.354. The lowest BCUT2D eigenvalue weighted by molar-refractivity contribution is 0.175. The Bertz CT molecular complexity index is 869. The highest BCUT2D eigenvalue weighted by molar-refractivity contribution is 5.74. The van der Waals surface area contributed by atoms with Crippen molar-refractivity contribution in [2.45, 2.75) is 31.7 Å². The summed E-state index contributed by atoms with van der Waals surface area (Å²) >= 11 is 0. The molecule has 0 bridgehead atoms. The van der Waals surface area contributed by atoms with Crippen LogP contribution in [0.4, 0.5) is 4.79 Å². The van der Waals surface area contributed by atoms with Crippen molar-refractivity contribution in [2.75, 3.05) is 13.1 Å². The predicted molar refractivity (Wildman–Crippen MR) is 98.8 cm³/mol. The molecule has 2 N–H and O–H groups in total. The number of likely N-dealkylation sites (tertiary alicyclic amines) is 1. The average molecular weight is 366 g/mol. The molecule has 0 unspecified atom stereocenters. The number of piperidine rings is 1. The second-order valence-corrected chi connectivity index (χ2v) is 6.77. The van der Waals surface area contributed by atoms with Crippen molar-refractivity contribution in [2.24, 2.45) is 0 Å². The molecule has 0 spiro atoms. The van der Waals surface area contributed by atoms with Gasteiger partial charge < -0.3 is 14.7 Å². The van der Waals surface area contributed by atoms with Gasteiger partial charge in [0.15, 0.2) is 0 Å². The van der Waals surface area contributed by atoms with Gasteiger partial charge in [0.1, 0.15) is 6.04 Å². The van der Waals surface area contributed by atoms with Gasteiger partial charge in [-0.25, -0.2) is 4.79 Å². The highest BCUT2D eigenvalue weighted by atomic mass is 16.5. The van der Waals surface area contributed by atoms with Gasteiger partial charge in [-0.05, 0) is 25.8 Å². The molecular weight excluding hydrogens is 344 g/mol. The Morgan fingerprint density at radius 2 is 2.04 bits per heavy atom. The predicted octanol–water partition coefficient (Wildman–Crippen LogP) is 3.11.